The number of para-hydroxylation sites is 1. The summed E-state index contributed by atoms with van der Waals surface area (Å²) in [5, 5.41) is 10.9. The fraction of sp³-hybridized carbons (Fsp3) is 0.594. The maximum atomic E-state index is 14.8. The number of aliphatic hydroxyl groups is 1. The maximum absolute atomic E-state index is 14.8. The summed E-state index contributed by atoms with van der Waals surface area (Å²) in [7, 11) is 0. The number of halogens is 1. The second-order valence-corrected chi connectivity index (χ2v) is 12.6. The van der Waals surface area contributed by atoms with Gasteiger partial charge in [-0.05, 0) is 43.7 Å². The highest BCUT2D eigenvalue weighted by Gasteiger charge is 2.80. The van der Waals surface area contributed by atoms with Crippen LogP contribution in [0.3, 0.4) is 0 Å². The number of anilines is 1. The van der Waals surface area contributed by atoms with E-state index in [0.29, 0.717) is 30.2 Å². The van der Waals surface area contributed by atoms with Crippen molar-refractivity contribution in [2.75, 3.05) is 31.1 Å². The van der Waals surface area contributed by atoms with Crippen molar-refractivity contribution in [3.05, 3.63) is 54.6 Å². The molecule has 7 atom stereocenters. The summed E-state index contributed by atoms with van der Waals surface area (Å²) < 4.78 is 6.90. The Hall–Kier alpha value is -2.68. The van der Waals surface area contributed by atoms with Crippen molar-refractivity contribution >= 4 is 35.0 Å². The first-order chi connectivity index (χ1) is 19.4. The Morgan fingerprint density at radius 2 is 1.88 bits per heavy atom. The number of rotatable bonds is 12. The van der Waals surface area contributed by atoms with Crippen molar-refractivity contribution in [3.8, 4) is 0 Å². The van der Waals surface area contributed by atoms with Crippen LogP contribution in [0.25, 0.3) is 0 Å². The molecule has 0 aromatic heterocycles. The number of likely N-dealkylation sites (tertiary alicyclic amines) is 1. The maximum Gasteiger partial charge on any atom is 0.253 e. The number of ether oxygens (including phenoxy) is 1. The molecule has 1 aromatic carbocycles. The van der Waals surface area contributed by atoms with Gasteiger partial charge in [0.15, 0.2) is 0 Å². The molecule has 3 heterocycles. The SMILES string of the molecule is C=CCN(CCC)C(=O)[C@H]1[C@H]2C(=O)N([C@@H](CO)C(C)C)C(C(=O)N(CC=C)c3ccccc3Cl)C23CC(C)[C@]1(C)O3. The van der Waals surface area contributed by atoms with Crippen LogP contribution in [0, 0.1) is 23.7 Å². The van der Waals surface area contributed by atoms with E-state index in [9.17, 15) is 19.5 Å². The standard InChI is InChI=1S/C32H44ClN3O5/c1-8-15-34(16-9-2)28(38)25-26-29(39)36(24(19-37)20(4)5)27(32(26)18-21(6)31(25,7)41-32)30(40)35(17-10-3)23-14-12-11-13-22(23)33/h8,10-14,20-21,24-27,37H,1,3,9,15-19H2,2,4-7H3/t21?,24-,25+,26-,27?,31-,32?/m0/s1. The number of benzene rings is 1. The summed E-state index contributed by atoms with van der Waals surface area (Å²) >= 11 is 6.56. The first kappa shape index (κ1) is 31.3. The lowest BCUT2D eigenvalue weighted by Crippen LogP contribution is -2.60. The molecule has 41 heavy (non-hydrogen) atoms. The van der Waals surface area contributed by atoms with Gasteiger partial charge < -0.3 is 24.5 Å². The van der Waals surface area contributed by atoms with Crippen LogP contribution in [-0.2, 0) is 19.1 Å². The van der Waals surface area contributed by atoms with Crippen LogP contribution in [0.5, 0.6) is 0 Å². The summed E-state index contributed by atoms with van der Waals surface area (Å²) in [6.45, 7) is 18.2. The molecule has 1 aromatic rings. The number of fused-ring (bicyclic) bond motifs is 1. The van der Waals surface area contributed by atoms with Gasteiger partial charge in [0.2, 0.25) is 11.8 Å². The average molecular weight is 586 g/mol. The predicted octanol–water partition coefficient (Wildman–Crippen LogP) is 4.31. The van der Waals surface area contributed by atoms with E-state index in [2.05, 4.69) is 13.2 Å². The number of hydrogen-bond donors (Lipinski definition) is 1. The second-order valence-electron chi connectivity index (χ2n) is 12.2. The van der Waals surface area contributed by atoms with Gasteiger partial charge in [-0.1, -0.05) is 63.6 Å². The average Bonchev–Trinajstić information content (AvgIpc) is 3.44. The van der Waals surface area contributed by atoms with Crippen LogP contribution in [0.1, 0.15) is 47.5 Å². The van der Waals surface area contributed by atoms with Crippen LogP contribution in [0.2, 0.25) is 5.02 Å². The van der Waals surface area contributed by atoms with Crippen LogP contribution in [0.4, 0.5) is 5.69 Å². The smallest absolute Gasteiger partial charge is 0.253 e. The van der Waals surface area contributed by atoms with Crippen LogP contribution < -0.4 is 4.90 Å². The molecule has 3 aliphatic heterocycles. The molecule has 0 saturated carbocycles. The molecule has 3 aliphatic rings. The number of amides is 3. The molecule has 2 bridgehead atoms. The fourth-order valence-electron chi connectivity index (χ4n) is 7.48. The summed E-state index contributed by atoms with van der Waals surface area (Å²) in [6.07, 6.45) is 4.50. The summed E-state index contributed by atoms with van der Waals surface area (Å²) in [5.41, 5.74) is -1.68. The van der Waals surface area contributed by atoms with Crippen molar-refractivity contribution in [2.45, 2.75) is 70.7 Å². The third kappa shape index (κ3) is 4.82. The minimum Gasteiger partial charge on any atom is -0.394 e. The van der Waals surface area contributed by atoms with Crippen LogP contribution in [0.15, 0.2) is 49.6 Å². The molecule has 0 radical (unpaired) electrons. The molecule has 9 heteroatoms. The molecule has 0 aliphatic carbocycles. The zero-order valence-electron chi connectivity index (χ0n) is 24.9. The first-order valence-corrected chi connectivity index (χ1v) is 15.0. The lowest BCUT2D eigenvalue weighted by Gasteiger charge is -2.40. The van der Waals surface area contributed by atoms with Crippen molar-refractivity contribution in [1.29, 1.82) is 0 Å². The van der Waals surface area contributed by atoms with Crippen molar-refractivity contribution < 1.29 is 24.2 Å². The van der Waals surface area contributed by atoms with E-state index in [1.54, 1.807) is 41.3 Å². The van der Waals surface area contributed by atoms with E-state index in [0.717, 1.165) is 6.42 Å². The predicted molar refractivity (Wildman–Crippen MR) is 160 cm³/mol. The summed E-state index contributed by atoms with van der Waals surface area (Å²) in [4.78, 5) is 48.5. The zero-order valence-corrected chi connectivity index (χ0v) is 25.6. The zero-order chi connectivity index (χ0) is 30.3. The van der Waals surface area contributed by atoms with Crippen molar-refractivity contribution in [3.63, 3.8) is 0 Å². The van der Waals surface area contributed by atoms with E-state index in [4.69, 9.17) is 16.3 Å². The van der Waals surface area contributed by atoms with Gasteiger partial charge in [0.05, 0.1) is 40.8 Å². The Morgan fingerprint density at radius 1 is 1.22 bits per heavy atom. The quantitative estimate of drug-likeness (QED) is 0.369. The van der Waals surface area contributed by atoms with E-state index < -0.39 is 35.1 Å². The highest BCUT2D eigenvalue weighted by atomic mass is 35.5. The summed E-state index contributed by atoms with van der Waals surface area (Å²) in [6, 6.07) is 5.35. The molecule has 3 amide bonds. The molecular formula is C32H44ClN3O5. The Bertz CT molecular complexity index is 1210. The number of carbonyl (C=O) groups is 3. The molecule has 1 spiro atoms. The van der Waals surface area contributed by atoms with Gasteiger partial charge in [-0.2, -0.15) is 0 Å². The Kier molecular flexibility index (Phi) is 9.07. The highest BCUT2D eigenvalue weighted by molar-refractivity contribution is 6.34. The number of carbonyl (C=O) groups excluding carboxylic acids is 3. The number of aliphatic hydroxyl groups excluding tert-OH is 1. The first-order valence-electron chi connectivity index (χ1n) is 14.6. The molecule has 8 nitrogen and oxygen atoms in total. The molecule has 3 unspecified atom stereocenters. The van der Waals surface area contributed by atoms with Gasteiger partial charge in [-0.25, -0.2) is 0 Å². The number of hydrogen-bond acceptors (Lipinski definition) is 5. The van der Waals surface area contributed by atoms with Crippen LogP contribution >= 0.6 is 11.6 Å². The van der Waals surface area contributed by atoms with Crippen LogP contribution in [-0.4, -0.2) is 82.2 Å². The van der Waals surface area contributed by atoms with Gasteiger partial charge in [0.25, 0.3) is 5.91 Å². The van der Waals surface area contributed by atoms with Gasteiger partial charge in [0.1, 0.15) is 11.6 Å². The third-order valence-electron chi connectivity index (χ3n) is 9.44. The summed E-state index contributed by atoms with van der Waals surface area (Å²) in [5.74, 6) is -2.73. The largest absolute Gasteiger partial charge is 0.394 e. The van der Waals surface area contributed by atoms with Crippen molar-refractivity contribution in [1.82, 2.24) is 9.80 Å². The molecule has 3 saturated heterocycles. The van der Waals surface area contributed by atoms with E-state index in [-0.39, 0.29) is 42.7 Å². The lowest BCUT2D eigenvalue weighted by molar-refractivity contribution is -0.154. The fourth-order valence-corrected chi connectivity index (χ4v) is 7.72. The van der Waals surface area contributed by atoms with Crippen molar-refractivity contribution in [2.24, 2.45) is 23.7 Å². The minimum atomic E-state index is -1.24. The van der Waals surface area contributed by atoms with Gasteiger partial charge in [-0.15, -0.1) is 13.2 Å². The third-order valence-corrected chi connectivity index (χ3v) is 9.76. The van der Waals surface area contributed by atoms with E-state index >= 15 is 0 Å². The molecule has 224 valence electrons. The Morgan fingerprint density at radius 3 is 2.44 bits per heavy atom. The lowest BCUT2D eigenvalue weighted by atomic mass is 9.62. The highest BCUT2D eigenvalue weighted by Crippen LogP contribution is 2.66. The Balaban J connectivity index is 1.91. The van der Waals surface area contributed by atoms with E-state index in [1.165, 1.54) is 9.80 Å². The normalized spacial score (nSPS) is 30.8. The molecular weight excluding hydrogens is 542 g/mol. The van der Waals surface area contributed by atoms with Gasteiger partial charge in [-0.3, -0.25) is 14.4 Å². The topological polar surface area (TPSA) is 90.4 Å². The monoisotopic (exact) mass is 585 g/mol. The Labute approximate surface area is 248 Å². The van der Waals surface area contributed by atoms with E-state index in [1.807, 2.05) is 34.6 Å². The molecule has 1 N–H and O–H groups in total. The number of nitrogens with zero attached hydrogens (tertiary/aromatic N) is 3. The molecule has 3 fully saturated rings. The molecule has 4 rings (SSSR count). The van der Waals surface area contributed by atoms with Gasteiger partial charge in [0, 0.05) is 19.6 Å². The van der Waals surface area contributed by atoms with Gasteiger partial charge >= 0.3 is 0 Å². The minimum absolute atomic E-state index is 0.0947. The second kappa shape index (κ2) is 11.9.